The van der Waals surface area contributed by atoms with Crippen LogP contribution in [0.1, 0.15) is 34.8 Å². The van der Waals surface area contributed by atoms with E-state index in [0.717, 1.165) is 24.0 Å². The smallest absolute Gasteiger partial charge is 0.251 e. The van der Waals surface area contributed by atoms with Crippen molar-refractivity contribution in [1.82, 2.24) is 15.2 Å². The molecule has 2 aliphatic rings. The fraction of sp³-hybridized carbons (Fsp3) is 0.318. The molecule has 0 bridgehead atoms. The van der Waals surface area contributed by atoms with Gasteiger partial charge in [-0.3, -0.25) is 9.59 Å². The van der Waals surface area contributed by atoms with Crippen molar-refractivity contribution in [2.75, 3.05) is 20.2 Å². The molecule has 1 spiro atoms. The van der Waals surface area contributed by atoms with Gasteiger partial charge in [-0.1, -0.05) is 30.3 Å². The molecule has 1 N–H and O–H groups in total. The molecule has 2 heterocycles. The Bertz CT molecular complexity index is 987. The summed E-state index contributed by atoms with van der Waals surface area (Å²) in [6.07, 6.45) is 3.27. The molecule has 2 amide bonds. The Morgan fingerprint density at radius 2 is 2.14 bits per heavy atom. The Kier molecular flexibility index (Phi) is 5.15. The van der Waals surface area contributed by atoms with Gasteiger partial charge in [0.05, 0.1) is 30.5 Å². The summed E-state index contributed by atoms with van der Waals surface area (Å²) in [5.41, 5.74) is 2.59. The maximum atomic E-state index is 12.5. The van der Waals surface area contributed by atoms with E-state index in [2.05, 4.69) is 16.9 Å². The number of hydrogen-bond donors (Lipinski definition) is 1. The zero-order chi connectivity index (χ0) is 20.6. The predicted molar refractivity (Wildman–Crippen MR) is 111 cm³/mol. The minimum atomic E-state index is -0.270. The lowest BCUT2D eigenvalue weighted by atomic mass is 10.00. The number of carbonyl (C=O) groups excluding carboxylic acids is 2. The van der Waals surface area contributed by atoms with Crippen molar-refractivity contribution in [3.63, 3.8) is 0 Å². The maximum Gasteiger partial charge on any atom is 0.251 e. The number of morpholine rings is 1. The Hall–Kier alpha value is -2.70. The molecule has 2 aromatic rings. The van der Waals surface area contributed by atoms with Crippen molar-refractivity contribution in [3.8, 4) is 11.3 Å². The molecule has 150 valence electrons. The lowest BCUT2D eigenvalue weighted by Crippen LogP contribution is -2.48. The van der Waals surface area contributed by atoms with Crippen LogP contribution in [0.2, 0.25) is 5.15 Å². The number of rotatable bonds is 4. The number of ether oxygens (including phenoxy) is 1. The summed E-state index contributed by atoms with van der Waals surface area (Å²) in [6.45, 7) is 4.59. The molecule has 1 saturated carbocycles. The van der Waals surface area contributed by atoms with Gasteiger partial charge in [0.1, 0.15) is 5.15 Å². The lowest BCUT2D eigenvalue weighted by molar-refractivity contribution is -0.143. The van der Waals surface area contributed by atoms with Crippen molar-refractivity contribution in [3.05, 3.63) is 65.3 Å². The fourth-order valence-electron chi connectivity index (χ4n) is 3.70. The van der Waals surface area contributed by atoms with Crippen LogP contribution in [0.4, 0.5) is 0 Å². The third kappa shape index (κ3) is 3.91. The lowest BCUT2D eigenvalue weighted by Gasteiger charge is -2.40. The maximum absolute atomic E-state index is 12.5. The molecule has 4 rings (SSSR count). The highest BCUT2D eigenvalue weighted by atomic mass is 35.5. The topological polar surface area (TPSA) is 71.5 Å². The Morgan fingerprint density at radius 1 is 1.34 bits per heavy atom. The summed E-state index contributed by atoms with van der Waals surface area (Å²) in [5.74, 6) is -0.298. The highest BCUT2D eigenvalue weighted by molar-refractivity contribution is 6.29. The van der Waals surface area contributed by atoms with E-state index in [1.807, 2.05) is 12.1 Å². The number of amides is 2. The Morgan fingerprint density at radius 3 is 2.83 bits per heavy atom. The van der Waals surface area contributed by atoms with Gasteiger partial charge in [0, 0.05) is 18.2 Å². The Balaban J connectivity index is 1.70. The van der Waals surface area contributed by atoms with E-state index in [-0.39, 0.29) is 23.5 Å². The number of carbonyl (C=O) groups is 2. The SMILES string of the molecule is C=CC(=O)N1CC2(CC2)OC[C@@H]1c1cc(Cl)nc(-c2cccc(C(=O)NC)c2)c1. The second-order valence-corrected chi connectivity index (χ2v) is 7.84. The summed E-state index contributed by atoms with van der Waals surface area (Å²) in [6, 6.07) is 10.6. The first kappa shape index (κ1) is 19.6. The molecule has 1 aromatic heterocycles. The zero-order valence-electron chi connectivity index (χ0n) is 16.2. The van der Waals surface area contributed by atoms with E-state index in [0.29, 0.717) is 29.6 Å². The highest BCUT2D eigenvalue weighted by Crippen LogP contribution is 2.46. The molecule has 7 heteroatoms. The number of pyridine rings is 1. The van der Waals surface area contributed by atoms with Gasteiger partial charge in [-0.25, -0.2) is 4.98 Å². The van der Waals surface area contributed by atoms with Crippen LogP contribution in [-0.4, -0.2) is 47.5 Å². The summed E-state index contributed by atoms with van der Waals surface area (Å²) in [7, 11) is 1.59. The van der Waals surface area contributed by atoms with Gasteiger partial charge in [0.2, 0.25) is 5.91 Å². The van der Waals surface area contributed by atoms with Crippen LogP contribution < -0.4 is 5.32 Å². The van der Waals surface area contributed by atoms with Crippen LogP contribution in [-0.2, 0) is 9.53 Å². The number of nitrogens with one attached hydrogen (secondary N) is 1. The van der Waals surface area contributed by atoms with Gasteiger partial charge in [0.15, 0.2) is 0 Å². The molecule has 0 unspecified atom stereocenters. The number of aromatic nitrogens is 1. The largest absolute Gasteiger partial charge is 0.371 e. The molecule has 6 nitrogen and oxygen atoms in total. The number of nitrogens with zero attached hydrogens (tertiary/aromatic N) is 2. The van der Waals surface area contributed by atoms with E-state index in [4.69, 9.17) is 16.3 Å². The molecule has 0 radical (unpaired) electrons. The first-order valence-electron chi connectivity index (χ1n) is 9.52. The van der Waals surface area contributed by atoms with E-state index in [1.165, 1.54) is 6.08 Å². The Labute approximate surface area is 174 Å². The molecule has 1 aliphatic carbocycles. The normalized spacial score (nSPS) is 19.7. The van der Waals surface area contributed by atoms with Gasteiger partial charge < -0.3 is 15.0 Å². The highest BCUT2D eigenvalue weighted by Gasteiger charge is 2.51. The van der Waals surface area contributed by atoms with Crippen LogP contribution in [0.3, 0.4) is 0 Å². The van der Waals surface area contributed by atoms with E-state index in [9.17, 15) is 9.59 Å². The van der Waals surface area contributed by atoms with Crippen LogP contribution in [0.25, 0.3) is 11.3 Å². The quantitative estimate of drug-likeness (QED) is 0.618. The first-order chi connectivity index (χ1) is 13.9. The molecule has 2 fully saturated rings. The second-order valence-electron chi connectivity index (χ2n) is 7.45. The molecule has 29 heavy (non-hydrogen) atoms. The fourth-order valence-corrected chi connectivity index (χ4v) is 3.92. The predicted octanol–water partition coefficient (Wildman–Crippen LogP) is 3.38. The molecule has 1 atom stereocenters. The van der Waals surface area contributed by atoms with Crippen LogP contribution >= 0.6 is 11.6 Å². The standard InChI is InChI=1S/C22H22ClN3O3/c1-3-20(27)26-13-22(7-8-22)29-12-18(26)16-10-17(25-19(23)11-16)14-5-4-6-15(9-14)21(28)24-2/h3-6,9-11,18H,1,7-8,12-13H2,2H3,(H,24,28)/t18-/m1/s1. The van der Waals surface area contributed by atoms with Crippen molar-refractivity contribution >= 4 is 23.4 Å². The third-order valence-corrected chi connectivity index (χ3v) is 5.69. The van der Waals surface area contributed by atoms with Crippen molar-refractivity contribution in [2.24, 2.45) is 0 Å². The molecular weight excluding hydrogens is 390 g/mol. The zero-order valence-corrected chi connectivity index (χ0v) is 16.9. The van der Waals surface area contributed by atoms with Crippen molar-refractivity contribution < 1.29 is 14.3 Å². The molecule has 1 saturated heterocycles. The van der Waals surface area contributed by atoms with E-state index >= 15 is 0 Å². The average molecular weight is 412 g/mol. The third-order valence-electron chi connectivity index (χ3n) is 5.50. The molecular formula is C22H22ClN3O3. The second kappa shape index (κ2) is 7.61. The summed E-state index contributed by atoms with van der Waals surface area (Å²) < 4.78 is 6.07. The van der Waals surface area contributed by atoms with Crippen molar-refractivity contribution in [2.45, 2.75) is 24.5 Å². The molecule has 1 aliphatic heterocycles. The monoisotopic (exact) mass is 411 g/mol. The van der Waals surface area contributed by atoms with Crippen molar-refractivity contribution in [1.29, 1.82) is 0 Å². The summed E-state index contributed by atoms with van der Waals surface area (Å²) in [5, 5.41) is 2.94. The van der Waals surface area contributed by atoms with Crippen LogP contribution in [0, 0.1) is 0 Å². The van der Waals surface area contributed by atoms with Crippen LogP contribution in [0.5, 0.6) is 0 Å². The first-order valence-corrected chi connectivity index (χ1v) is 9.89. The average Bonchev–Trinajstić information content (AvgIpc) is 3.50. The van der Waals surface area contributed by atoms with Gasteiger partial charge >= 0.3 is 0 Å². The van der Waals surface area contributed by atoms with Gasteiger partial charge in [-0.15, -0.1) is 0 Å². The van der Waals surface area contributed by atoms with Crippen LogP contribution in [0.15, 0.2) is 49.1 Å². The van der Waals surface area contributed by atoms with Gasteiger partial charge in [-0.05, 0) is 48.7 Å². The summed E-state index contributed by atoms with van der Waals surface area (Å²) in [4.78, 5) is 30.7. The van der Waals surface area contributed by atoms with Gasteiger partial charge in [0.25, 0.3) is 5.91 Å². The van der Waals surface area contributed by atoms with Gasteiger partial charge in [-0.2, -0.15) is 0 Å². The molecule has 1 aromatic carbocycles. The summed E-state index contributed by atoms with van der Waals surface area (Å²) >= 11 is 6.32. The minimum absolute atomic E-state index is 0.124. The minimum Gasteiger partial charge on any atom is -0.371 e. The number of halogens is 1. The van der Waals surface area contributed by atoms with E-state index < -0.39 is 0 Å². The number of benzene rings is 1. The number of hydrogen-bond acceptors (Lipinski definition) is 4. The van der Waals surface area contributed by atoms with E-state index in [1.54, 1.807) is 36.2 Å².